The summed E-state index contributed by atoms with van der Waals surface area (Å²) < 4.78 is 23.3. The summed E-state index contributed by atoms with van der Waals surface area (Å²) in [6, 6.07) is 0.742. The van der Waals surface area contributed by atoms with Gasteiger partial charge in [0.2, 0.25) is 0 Å². The molecule has 1 aliphatic carbocycles. The van der Waals surface area contributed by atoms with E-state index in [2.05, 4.69) is 31.1 Å². The van der Waals surface area contributed by atoms with Crippen LogP contribution in [0.5, 0.6) is 0 Å². The molecule has 1 saturated carbocycles. The topological polar surface area (TPSA) is 49.4 Å². The molecule has 18 heavy (non-hydrogen) atoms. The molecule has 0 saturated heterocycles. The predicted octanol–water partition coefficient (Wildman–Crippen LogP) is 1.27. The lowest BCUT2D eigenvalue weighted by atomic mass is 10.2. The van der Waals surface area contributed by atoms with Gasteiger partial charge in [-0.15, -0.1) is 0 Å². The van der Waals surface area contributed by atoms with Crippen molar-refractivity contribution in [3.05, 3.63) is 0 Å². The Morgan fingerprint density at radius 2 is 2.06 bits per heavy atom. The smallest absolute Gasteiger partial charge is 0.151 e. The van der Waals surface area contributed by atoms with Crippen LogP contribution < -0.4 is 5.32 Å². The molecular weight excluding hydrogens is 248 g/mol. The molecule has 0 aromatic heterocycles. The maximum atomic E-state index is 11.6. The highest BCUT2D eigenvalue weighted by Gasteiger charge is 2.34. The monoisotopic (exact) mass is 276 g/mol. The van der Waals surface area contributed by atoms with Crippen molar-refractivity contribution >= 4 is 9.84 Å². The van der Waals surface area contributed by atoms with Gasteiger partial charge < -0.3 is 10.2 Å². The molecule has 1 aliphatic rings. The van der Waals surface area contributed by atoms with Crippen molar-refractivity contribution in [3.63, 3.8) is 0 Å². The van der Waals surface area contributed by atoms with E-state index in [0.717, 1.165) is 38.8 Å². The van der Waals surface area contributed by atoms with E-state index in [9.17, 15) is 8.42 Å². The van der Waals surface area contributed by atoms with Gasteiger partial charge in [-0.05, 0) is 33.2 Å². The first kappa shape index (κ1) is 15.9. The number of likely N-dealkylation sites (N-methyl/N-ethyl adjacent to an activating group) is 1. The summed E-state index contributed by atoms with van der Waals surface area (Å²) >= 11 is 0. The van der Waals surface area contributed by atoms with Gasteiger partial charge in [-0.2, -0.15) is 0 Å². The van der Waals surface area contributed by atoms with Crippen molar-refractivity contribution in [2.45, 2.75) is 56.9 Å². The van der Waals surface area contributed by atoms with E-state index in [-0.39, 0.29) is 11.3 Å². The van der Waals surface area contributed by atoms with Gasteiger partial charge in [-0.1, -0.05) is 13.3 Å². The van der Waals surface area contributed by atoms with E-state index < -0.39 is 9.84 Å². The largest absolute Gasteiger partial charge is 0.311 e. The second-order valence-corrected chi connectivity index (χ2v) is 7.86. The first-order chi connectivity index (χ1) is 8.36. The van der Waals surface area contributed by atoms with Gasteiger partial charge in [0.05, 0.1) is 5.25 Å². The lowest BCUT2D eigenvalue weighted by molar-refractivity contribution is 0.248. The van der Waals surface area contributed by atoms with Crippen LogP contribution in [0.15, 0.2) is 0 Å². The zero-order valence-electron chi connectivity index (χ0n) is 12.1. The van der Waals surface area contributed by atoms with E-state index >= 15 is 0 Å². The molecule has 108 valence electrons. The van der Waals surface area contributed by atoms with Crippen molar-refractivity contribution in [1.29, 1.82) is 0 Å². The maximum absolute atomic E-state index is 11.6. The van der Waals surface area contributed by atoms with Gasteiger partial charge in [0.1, 0.15) is 0 Å². The minimum Gasteiger partial charge on any atom is -0.311 e. The normalized spacial score (nSPS) is 26.7. The lowest BCUT2D eigenvalue weighted by Gasteiger charge is -2.25. The van der Waals surface area contributed by atoms with Gasteiger partial charge in [-0.3, -0.25) is 0 Å². The van der Waals surface area contributed by atoms with Crippen LogP contribution in [0.1, 0.15) is 39.5 Å². The Bertz CT molecular complexity index is 343. The van der Waals surface area contributed by atoms with Crippen LogP contribution in [0.4, 0.5) is 0 Å². The number of hydrogen-bond donors (Lipinski definition) is 1. The minimum absolute atomic E-state index is 0.158. The fourth-order valence-electron chi connectivity index (χ4n) is 2.63. The quantitative estimate of drug-likeness (QED) is 0.761. The summed E-state index contributed by atoms with van der Waals surface area (Å²) in [7, 11) is -0.776. The summed E-state index contributed by atoms with van der Waals surface area (Å²) in [5, 5.41) is 3.25. The van der Waals surface area contributed by atoms with E-state index in [1.54, 1.807) is 0 Å². The van der Waals surface area contributed by atoms with Gasteiger partial charge in [0.25, 0.3) is 0 Å². The first-order valence-electron chi connectivity index (χ1n) is 6.98. The van der Waals surface area contributed by atoms with Crippen LogP contribution in [0.25, 0.3) is 0 Å². The average Bonchev–Trinajstić information content (AvgIpc) is 2.75. The summed E-state index contributed by atoms with van der Waals surface area (Å²) in [6.45, 7) is 6.25. The Kier molecular flexibility index (Phi) is 6.08. The molecule has 0 bridgehead atoms. The Hall–Kier alpha value is -0.130. The fourth-order valence-corrected chi connectivity index (χ4v) is 4.05. The van der Waals surface area contributed by atoms with Gasteiger partial charge in [0.15, 0.2) is 9.84 Å². The molecule has 1 N–H and O–H groups in total. The van der Waals surface area contributed by atoms with Crippen LogP contribution >= 0.6 is 0 Å². The van der Waals surface area contributed by atoms with Crippen molar-refractivity contribution in [3.8, 4) is 0 Å². The van der Waals surface area contributed by atoms with Gasteiger partial charge in [-0.25, -0.2) is 8.42 Å². The molecule has 0 aromatic rings. The highest BCUT2D eigenvalue weighted by Crippen LogP contribution is 2.24. The Labute approximate surface area is 112 Å². The molecule has 0 radical (unpaired) electrons. The zero-order chi connectivity index (χ0) is 13.8. The second kappa shape index (κ2) is 6.87. The molecule has 0 amide bonds. The fraction of sp³-hybridized carbons (Fsp3) is 1.00. The molecule has 1 rings (SSSR count). The molecule has 0 aliphatic heterocycles. The Morgan fingerprint density at radius 1 is 1.39 bits per heavy atom. The SMILES string of the molecule is CCC(C)N(C)CCNC1CCCC1S(C)(=O)=O. The Balaban J connectivity index is 2.35. The minimum atomic E-state index is -2.90. The molecule has 0 spiro atoms. The third-order valence-electron chi connectivity index (χ3n) is 4.22. The third-order valence-corrected chi connectivity index (χ3v) is 5.88. The highest BCUT2D eigenvalue weighted by molar-refractivity contribution is 7.91. The Morgan fingerprint density at radius 3 is 2.61 bits per heavy atom. The molecular formula is C13H28N2O2S. The highest BCUT2D eigenvalue weighted by atomic mass is 32.2. The predicted molar refractivity (Wildman–Crippen MR) is 76.7 cm³/mol. The van der Waals surface area contributed by atoms with Gasteiger partial charge in [0, 0.05) is 31.4 Å². The standard InChI is InChI=1S/C13H28N2O2S/c1-5-11(2)15(3)10-9-14-12-7-6-8-13(12)18(4,16)17/h11-14H,5-10H2,1-4H3. The van der Waals surface area contributed by atoms with Crippen LogP contribution in [0.3, 0.4) is 0 Å². The number of sulfone groups is 1. The molecule has 1 fully saturated rings. The number of rotatable bonds is 7. The van der Waals surface area contributed by atoms with Crippen molar-refractivity contribution in [1.82, 2.24) is 10.2 Å². The summed E-state index contributed by atoms with van der Waals surface area (Å²) in [6.07, 6.45) is 5.34. The van der Waals surface area contributed by atoms with E-state index in [0.29, 0.717) is 6.04 Å². The number of hydrogen-bond acceptors (Lipinski definition) is 4. The van der Waals surface area contributed by atoms with Crippen LogP contribution in [0.2, 0.25) is 0 Å². The lowest BCUT2D eigenvalue weighted by Crippen LogP contribution is -2.44. The van der Waals surface area contributed by atoms with E-state index in [1.807, 2.05) is 0 Å². The van der Waals surface area contributed by atoms with Crippen molar-refractivity contribution < 1.29 is 8.42 Å². The average molecular weight is 276 g/mol. The molecule has 3 atom stereocenters. The van der Waals surface area contributed by atoms with Gasteiger partial charge >= 0.3 is 0 Å². The first-order valence-corrected chi connectivity index (χ1v) is 8.94. The van der Waals surface area contributed by atoms with Crippen molar-refractivity contribution in [2.75, 3.05) is 26.4 Å². The van der Waals surface area contributed by atoms with Crippen LogP contribution in [0, 0.1) is 0 Å². The second-order valence-electron chi connectivity index (χ2n) is 5.60. The molecule has 4 nitrogen and oxygen atoms in total. The maximum Gasteiger partial charge on any atom is 0.151 e. The third kappa shape index (κ3) is 4.52. The van der Waals surface area contributed by atoms with E-state index in [1.165, 1.54) is 6.26 Å². The summed E-state index contributed by atoms with van der Waals surface area (Å²) in [5.74, 6) is 0. The number of nitrogens with one attached hydrogen (secondary N) is 1. The number of nitrogens with zero attached hydrogens (tertiary/aromatic N) is 1. The molecule has 0 aromatic carbocycles. The summed E-state index contributed by atoms with van der Waals surface area (Å²) in [5.41, 5.74) is 0. The van der Waals surface area contributed by atoms with E-state index in [4.69, 9.17) is 0 Å². The van der Waals surface area contributed by atoms with Crippen LogP contribution in [-0.4, -0.2) is 57.0 Å². The molecule has 0 heterocycles. The van der Waals surface area contributed by atoms with Crippen LogP contribution in [-0.2, 0) is 9.84 Å². The molecule has 5 heteroatoms. The molecule has 3 unspecified atom stereocenters. The van der Waals surface area contributed by atoms with Crippen molar-refractivity contribution in [2.24, 2.45) is 0 Å². The summed E-state index contributed by atoms with van der Waals surface area (Å²) in [4.78, 5) is 2.32. The zero-order valence-corrected chi connectivity index (χ0v) is 13.0.